The molecule has 0 N–H and O–H groups in total. The number of nitriles is 1. The normalized spacial score (nSPS) is 17.9. The van der Waals surface area contributed by atoms with Gasteiger partial charge < -0.3 is 14.4 Å². The molecule has 118 valence electrons. The van der Waals surface area contributed by atoms with Gasteiger partial charge in [-0.2, -0.15) is 10.2 Å². The molecule has 0 saturated carbocycles. The van der Waals surface area contributed by atoms with Gasteiger partial charge in [0.15, 0.2) is 0 Å². The van der Waals surface area contributed by atoms with Crippen LogP contribution in [0.1, 0.15) is 39.3 Å². The minimum Gasteiger partial charge on any atom is -0.461 e. The van der Waals surface area contributed by atoms with Crippen molar-refractivity contribution in [3.63, 3.8) is 0 Å². The van der Waals surface area contributed by atoms with E-state index in [0.29, 0.717) is 6.54 Å². The molecule has 1 atom stereocenters. The van der Waals surface area contributed by atoms with Gasteiger partial charge in [-0.1, -0.05) is 0 Å². The molecule has 1 aliphatic rings. The Kier molecular flexibility index (Phi) is 4.81. The quantitative estimate of drug-likeness (QED) is 0.850. The molecule has 1 aliphatic heterocycles. The molecule has 1 fully saturated rings. The van der Waals surface area contributed by atoms with Gasteiger partial charge in [0.25, 0.3) is 0 Å². The lowest BCUT2D eigenvalue weighted by Gasteiger charge is -2.28. The summed E-state index contributed by atoms with van der Waals surface area (Å²) in [5.74, 6) is 0. The molecule has 2 heterocycles. The highest BCUT2D eigenvalue weighted by Crippen LogP contribution is 2.21. The van der Waals surface area contributed by atoms with Crippen molar-refractivity contribution in [2.24, 2.45) is 0 Å². The van der Waals surface area contributed by atoms with Gasteiger partial charge in [-0.3, -0.25) is 0 Å². The molecule has 7 nitrogen and oxygen atoms in total. The molecule has 1 saturated heterocycles. The third kappa shape index (κ3) is 4.32. The molecule has 0 unspecified atom stereocenters. The fraction of sp³-hybridized carbons (Fsp3) is 0.600. The Morgan fingerprint density at radius 1 is 1.55 bits per heavy atom. The van der Waals surface area contributed by atoms with Crippen molar-refractivity contribution in [1.82, 2.24) is 14.9 Å². The van der Waals surface area contributed by atoms with Gasteiger partial charge in [0.1, 0.15) is 24.0 Å². The monoisotopic (exact) mass is 304 g/mol. The summed E-state index contributed by atoms with van der Waals surface area (Å²) in [5, 5.41) is 8.80. The van der Waals surface area contributed by atoms with E-state index in [0.717, 1.165) is 12.8 Å². The molecule has 7 heteroatoms. The standard InChI is InChI=1S/C15H20N4O3/c1-15(2,3)22-14(20)19-8-4-5-12(19)10-21-13-17-7-6-11(9-16)18-13/h6-7,12H,4-5,8,10H2,1-3H3/t12-/m0/s1. The highest BCUT2D eigenvalue weighted by atomic mass is 16.6. The maximum atomic E-state index is 12.2. The minimum atomic E-state index is -0.519. The third-order valence-corrected chi connectivity index (χ3v) is 3.16. The first-order valence-electron chi connectivity index (χ1n) is 7.24. The van der Waals surface area contributed by atoms with Gasteiger partial charge in [-0.25, -0.2) is 9.78 Å². The van der Waals surface area contributed by atoms with Crippen LogP contribution in [-0.2, 0) is 4.74 Å². The van der Waals surface area contributed by atoms with Gasteiger partial charge in [-0.15, -0.1) is 0 Å². The van der Waals surface area contributed by atoms with E-state index in [1.807, 2.05) is 26.8 Å². The van der Waals surface area contributed by atoms with E-state index in [4.69, 9.17) is 14.7 Å². The number of aromatic nitrogens is 2. The van der Waals surface area contributed by atoms with Crippen LogP contribution < -0.4 is 4.74 Å². The Hall–Kier alpha value is -2.36. The molecule has 0 spiro atoms. The Morgan fingerprint density at radius 3 is 3.00 bits per heavy atom. The second-order valence-corrected chi connectivity index (χ2v) is 6.12. The van der Waals surface area contributed by atoms with Crippen LogP contribution in [0.25, 0.3) is 0 Å². The van der Waals surface area contributed by atoms with Crippen molar-refractivity contribution in [2.75, 3.05) is 13.2 Å². The fourth-order valence-corrected chi connectivity index (χ4v) is 2.21. The zero-order chi connectivity index (χ0) is 16.2. The van der Waals surface area contributed by atoms with E-state index in [9.17, 15) is 4.79 Å². The number of amides is 1. The maximum absolute atomic E-state index is 12.2. The summed E-state index contributed by atoms with van der Waals surface area (Å²) < 4.78 is 10.9. The van der Waals surface area contributed by atoms with Crippen LogP contribution in [0.3, 0.4) is 0 Å². The van der Waals surface area contributed by atoms with Gasteiger partial charge in [0, 0.05) is 12.7 Å². The Labute approximate surface area is 129 Å². The summed E-state index contributed by atoms with van der Waals surface area (Å²) in [5.41, 5.74) is -0.268. The first kappa shape index (κ1) is 16.0. The first-order valence-corrected chi connectivity index (χ1v) is 7.24. The van der Waals surface area contributed by atoms with E-state index in [1.54, 1.807) is 4.90 Å². The molecule has 0 bridgehead atoms. The second-order valence-electron chi connectivity index (χ2n) is 6.12. The molecule has 2 rings (SSSR count). The Balaban J connectivity index is 1.94. The van der Waals surface area contributed by atoms with Crippen molar-refractivity contribution in [2.45, 2.75) is 45.3 Å². The van der Waals surface area contributed by atoms with Crippen LogP contribution in [0, 0.1) is 11.3 Å². The lowest BCUT2D eigenvalue weighted by Crippen LogP contribution is -2.42. The van der Waals surface area contributed by atoms with E-state index < -0.39 is 5.60 Å². The summed E-state index contributed by atoms with van der Waals surface area (Å²) in [4.78, 5) is 21.7. The van der Waals surface area contributed by atoms with E-state index in [-0.39, 0.29) is 30.4 Å². The lowest BCUT2D eigenvalue weighted by atomic mass is 10.2. The molecule has 0 radical (unpaired) electrons. The van der Waals surface area contributed by atoms with Crippen LogP contribution >= 0.6 is 0 Å². The Morgan fingerprint density at radius 2 is 2.32 bits per heavy atom. The van der Waals surface area contributed by atoms with Crippen LogP contribution in [-0.4, -0.2) is 45.8 Å². The SMILES string of the molecule is CC(C)(C)OC(=O)N1CCC[C@H]1COc1nccc(C#N)n1. The highest BCUT2D eigenvalue weighted by Gasteiger charge is 2.32. The number of likely N-dealkylation sites (tertiary alicyclic amines) is 1. The van der Waals surface area contributed by atoms with Gasteiger partial charge in [0.2, 0.25) is 0 Å². The highest BCUT2D eigenvalue weighted by molar-refractivity contribution is 5.68. The predicted molar refractivity (Wildman–Crippen MR) is 78.2 cm³/mol. The maximum Gasteiger partial charge on any atom is 0.410 e. The molecule has 1 aromatic heterocycles. The van der Waals surface area contributed by atoms with Crippen molar-refractivity contribution in [3.8, 4) is 12.1 Å². The van der Waals surface area contributed by atoms with Crippen molar-refractivity contribution >= 4 is 6.09 Å². The minimum absolute atomic E-state index is 0.0656. The van der Waals surface area contributed by atoms with Crippen molar-refractivity contribution < 1.29 is 14.3 Å². The number of ether oxygens (including phenoxy) is 2. The summed E-state index contributed by atoms with van der Waals surface area (Å²) >= 11 is 0. The summed E-state index contributed by atoms with van der Waals surface area (Å²) in [6.07, 6.45) is 2.90. The average Bonchev–Trinajstić information content (AvgIpc) is 2.92. The van der Waals surface area contributed by atoms with Gasteiger partial charge in [0.05, 0.1) is 6.04 Å². The second kappa shape index (κ2) is 6.60. The molecule has 0 aromatic carbocycles. The van der Waals surface area contributed by atoms with Crippen LogP contribution in [0.15, 0.2) is 12.3 Å². The van der Waals surface area contributed by atoms with Gasteiger partial charge >= 0.3 is 12.1 Å². The molecular formula is C15H20N4O3. The molecule has 22 heavy (non-hydrogen) atoms. The predicted octanol–water partition coefficient (Wildman–Crippen LogP) is 2.13. The number of carbonyl (C=O) groups is 1. The lowest BCUT2D eigenvalue weighted by molar-refractivity contribution is 0.0184. The summed E-state index contributed by atoms with van der Waals surface area (Å²) in [6.45, 7) is 6.46. The molecule has 1 aromatic rings. The molecule has 1 amide bonds. The number of carbonyl (C=O) groups excluding carboxylic acids is 1. The van der Waals surface area contributed by atoms with Crippen LogP contribution in [0.5, 0.6) is 6.01 Å². The van der Waals surface area contributed by atoms with Crippen LogP contribution in [0.2, 0.25) is 0 Å². The van der Waals surface area contributed by atoms with E-state index >= 15 is 0 Å². The first-order chi connectivity index (χ1) is 10.4. The zero-order valence-electron chi connectivity index (χ0n) is 13.1. The zero-order valence-corrected chi connectivity index (χ0v) is 13.1. The summed E-state index contributed by atoms with van der Waals surface area (Å²) in [7, 11) is 0. The Bertz CT molecular complexity index is 577. The third-order valence-electron chi connectivity index (χ3n) is 3.16. The van der Waals surface area contributed by atoms with Gasteiger partial charge in [-0.05, 0) is 39.7 Å². The number of hydrogen-bond donors (Lipinski definition) is 0. The number of nitrogens with zero attached hydrogens (tertiary/aromatic N) is 4. The van der Waals surface area contributed by atoms with Crippen molar-refractivity contribution in [1.29, 1.82) is 5.26 Å². The average molecular weight is 304 g/mol. The number of hydrogen-bond acceptors (Lipinski definition) is 6. The topological polar surface area (TPSA) is 88.3 Å². The largest absolute Gasteiger partial charge is 0.461 e. The van der Waals surface area contributed by atoms with E-state index in [1.165, 1.54) is 12.3 Å². The molecule has 0 aliphatic carbocycles. The van der Waals surface area contributed by atoms with Crippen LogP contribution in [0.4, 0.5) is 4.79 Å². The number of rotatable bonds is 3. The van der Waals surface area contributed by atoms with Crippen molar-refractivity contribution in [3.05, 3.63) is 18.0 Å². The molecular weight excluding hydrogens is 284 g/mol. The smallest absolute Gasteiger partial charge is 0.410 e. The fourth-order valence-electron chi connectivity index (χ4n) is 2.21. The summed E-state index contributed by atoms with van der Waals surface area (Å²) in [6, 6.07) is 3.52. The van der Waals surface area contributed by atoms with E-state index in [2.05, 4.69) is 9.97 Å².